The number of methoxy groups -OCH3 is 1. The van der Waals surface area contributed by atoms with Crippen molar-refractivity contribution in [1.82, 2.24) is 0 Å². The van der Waals surface area contributed by atoms with Gasteiger partial charge in [-0.05, 0) is 61.5 Å². The molecular weight excluding hydrogens is 481 g/mol. The van der Waals surface area contributed by atoms with Gasteiger partial charge in [0.2, 0.25) is 0 Å². The Morgan fingerprint density at radius 3 is 2.38 bits per heavy atom. The van der Waals surface area contributed by atoms with E-state index in [0.717, 1.165) is 31.2 Å². The van der Waals surface area contributed by atoms with Gasteiger partial charge in [0, 0.05) is 31.6 Å². The Morgan fingerprint density at radius 1 is 0.946 bits per heavy atom. The summed E-state index contributed by atoms with van der Waals surface area (Å²) in [6.07, 6.45) is 6.69. The Morgan fingerprint density at radius 2 is 1.65 bits per heavy atom. The van der Waals surface area contributed by atoms with Crippen molar-refractivity contribution < 1.29 is 32.3 Å². The first-order valence-electron chi connectivity index (χ1n) is 13.9. The normalized spacial score (nSPS) is 23.0. The highest BCUT2D eigenvalue weighted by atomic mass is 19.4. The molecule has 0 amide bonds. The molecular formula is C30H41F3O4. The fraction of sp³-hybridized carbons (Fsp3) is 0.700. The van der Waals surface area contributed by atoms with E-state index in [9.17, 15) is 27.6 Å². The van der Waals surface area contributed by atoms with Gasteiger partial charge in [-0.2, -0.15) is 13.2 Å². The number of rotatable bonds is 12. The molecule has 4 atom stereocenters. The Bertz CT molecular complexity index is 910. The largest absolute Gasteiger partial charge is 0.469 e. The third-order valence-electron chi connectivity index (χ3n) is 8.46. The lowest BCUT2D eigenvalue weighted by molar-refractivity contribution is -0.142. The van der Waals surface area contributed by atoms with E-state index in [2.05, 4.69) is 0 Å². The third kappa shape index (κ3) is 9.26. The van der Waals surface area contributed by atoms with E-state index in [1.807, 2.05) is 0 Å². The SMILES string of the molecule is COC(=O)CC(CCC(=O)CCCC(=O)C1CCCC2CCCCC2C1)Cc1ccccc1C(F)(F)F. The van der Waals surface area contributed by atoms with Gasteiger partial charge in [0.15, 0.2) is 0 Å². The number of carbonyl (C=O) groups is 3. The summed E-state index contributed by atoms with van der Waals surface area (Å²) >= 11 is 0. The van der Waals surface area contributed by atoms with Crippen molar-refractivity contribution in [2.24, 2.45) is 23.7 Å². The molecule has 0 aromatic heterocycles. The molecule has 0 aliphatic heterocycles. The minimum atomic E-state index is -4.48. The van der Waals surface area contributed by atoms with Gasteiger partial charge >= 0.3 is 12.1 Å². The average Bonchev–Trinajstić information content (AvgIpc) is 3.09. The average molecular weight is 523 g/mol. The van der Waals surface area contributed by atoms with E-state index < -0.39 is 23.6 Å². The van der Waals surface area contributed by atoms with E-state index in [4.69, 9.17) is 4.74 Å². The second-order valence-corrected chi connectivity index (χ2v) is 11.1. The van der Waals surface area contributed by atoms with Crippen LogP contribution in [0.1, 0.15) is 101 Å². The molecule has 2 saturated carbocycles. The van der Waals surface area contributed by atoms with Crippen molar-refractivity contribution >= 4 is 17.5 Å². The maximum absolute atomic E-state index is 13.4. The molecule has 7 heteroatoms. The van der Waals surface area contributed by atoms with Crippen LogP contribution in [0, 0.1) is 23.7 Å². The fourth-order valence-electron chi connectivity index (χ4n) is 6.41. The molecule has 4 nitrogen and oxygen atoms in total. The van der Waals surface area contributed by atoms with E-state index >= 15 is 0 Å². The molecule has 0 heterocycles. The predicted octanol–water partition coefficient (Wildman–Crippen LogP) is 7.51. The Hall–Kier alpha value is -2.18. The van der Waals surface area contributed by atoms with Crippen LogP contribution in [-0.4, -0.2) is 24.6 Å². The van der Waals surface area contributed by atoms with E-state index in [1.54, 1.807) is 6.07 Å². The van der Waals surface area contributed by atoms with Crippen LogP contribution in [0.3, 0.4) is 0 Å². The van der Waals surface area contributed by atoms with E-state index in [0.29, 0.717) is 25.2 Å². The number of alkyl halides is 3. The van der Waals surface area contributed by atoms with Gasteiger partial charge in [-0.1, -0.05) is 56.7 Å². The van der Waals surface area contributed by atoms with E-state index in [1.165, 1.54) is 51.3 Å². The number of ether oxygens (including phenoxy) is 1. The molecule has 206 valence electrons. The Kier molecular flexibility index (Phi) is 11.2. The second kappa shape index (κ2) is 14.1. The number of carbonyl (C=O) groups excluding carboxylic acids is 3. The van der Waals surface area contributed by atoms with Gasteiger partial charge in [0.05, 0.1) is 12.7 Å². The van der Waals surface area contributed by atoms with Crippen molar-refractivity contribution in [1.29, 1.82) is 0 Å². The first-order chi connectivity index (χ1) is 17.7. The highest BCUT2D eigenvalue weighted by Gasteiger charge is 2.34. The summed E-state index contributed by atoms with van der Waals surface area (Å²) in [5.41, 5.74) is -0.599. The van der Waals surface area contributed by atoms with Crippen molar-refractivity contribution in [3.63, 3.8) is 0 Å². The smallest absolute Gasteiger partial charge is 0.416 e. The molecule has 37 heavy (non-hydrogen) atoms. The number of hydrogen-bond donors (Lipinski definition) is 0. The molecule has 2 fully saturated rings. The number of Topliss-reactive ketones (excluding diaryl/α,β-unsaturated/α-hetero) is 2. The topological polar surface area (TPSA) is 60.4 Å². The molecule has 2 aliphatic rings. The van der Waals surface area contributed by atoms with Gasteiger partial charge in [-0.3, -0.25) is 14.4 Å². The molecule has 0 saturated heterocycles. The van der Waals surface area contributed by atoms with E-state index in [-0.39, 0.29) is 48.7 Å². The van der Waals surface area contributed by atoms with Gasteiger partial charge < -0.3 is 4.74 Å². The molecule has 0 bridgehead atoms. The van der Waals surface area contributed by atoms with Gasteiger partial charge in [0.1, 0.15) is 11.6 Å². The van der Waals surface area contributed by atoms with Crippen molar-refractivity contribution in [3.05, 3.63) is 35.4 Å². The zero-order chi connectivity index (χ0) is 26.8. The number of ketones is 2. The zero-order valence-corrected chi connectivity index (χ0v) is 22.0. The van der Waals surface area contributed by atoms with Crippen LogP contribution >= 0.6 is 0 Å². The monoisotopic (exact) mass is 522 g/mol. The lowest BCUT2D eigenvalue weighted by Gasteiger charge is -2.30. The van der Waals surface area contributed by atoms with Gasteiger partial charge in [0.25, 0.3) is 0 Å². The van der Waals surface area contributed by atoms with Crippen LogP contribution in [0.5, 0.6) is 0 Å². The fourth-order valence-corrected chi connectivity index (χ4v) is 6.41. The number of benzene rings is 1. The van der Waals surface area contributed by atoms with Crippen LogP contribution in [0.4, 0.5) is 13.2 Å². The van der Waals surface area contributed by atoms with Gasteiger partial charge in [-0.15, -0.1) is 0 Å². The second-order valence-electron chi connectivity index (χ2n) is 11.1. The highest BCUT2D eigenvalue weighted by Crippen LogP contribution is 2.41. The van der Waals surface area contributed by atoms with Crippen LogP contribution in [-0.2, 0) is 31.7 Å². The molecule has 3 rings (SSSR count). The third-order valence-corrected chi connectivity index (χ3v) is 8.46. The minimum absolute atomic E-state index is 0.0139. The quantitative estimate of drug-likeness (QED) is 0.267. The lowest BCUT2D eigenvalue weighted by Crippen LogP contribution is -2.22. The van der Waals surface area contributed by atoms with Crippen molar-refractivity contribution in [3.8, 4) is 0 Å². The van der Waals surface area contributed by atoms with Crippen LogP contribution in [0.15, 0.2) is 24.3 Å². The summed E-state index contributed by atoms with van der Waals surface area (Å²) in [6, 6.07) is 5.35. The zero-order valence-electron chi connectivity index (χ0n) is 22.0. The summed E-state index contributed by atoms with van der Waals surface area (Å²) in [7, 11) is 1.24. The standard InChI is InChI=1S/C30H41F3O4/c1-37-29(36)19-21(18-24-10-4-5-14-27(24)30(31,32)33)16-17-26(34)13-7-15-28(35)25-12-6-11-22-8-2-3-9-23(22)20-25/h4-5,10,14,21-23,25H,2-3,6-9,11-13,15-20H2,1H3. The Balaban J connectivity index is 1.47. The summed E-state index contributed by atoms with van der Waals surface area (Å²) in [5, 5.41) is 0. The lowest BCUT2D eigenvalue weighted by atomic mass is 9.75. The summed E-state index contributed by atoms with van der Waals surface area (Å²) < 4.78 is 45.0. The Labute approximate surface area is 218 Å². The first-order valence-corrected chi connectivity index (χ1v) is 13.9. The maximum Gasteiger partial charge on any atom is 0.416 e. The minimum Gasteiger partial charge on any atom is -0.469 e. The number of esters is 1. The molecule has 0 N–H and O–H groups in total. The summed E-state index contributed by atoms with van der Waals surface area (Å²) in [6.45, 7) is 0. The van der Waals surface area contributed by atoms with Crippen LogP contribution < -0.4 is 0 Å². The van der Waals surface area contributed by atoms with Crippen molar-refractivity contribution in [2.45, 2.75) is 102 Å². The molecule has 0 spiro atoms. The van der Waals surface area contributed by atoms with Crippen LogP contribution in [0.25, 0.3) is 0 Å². The summed E-state index contributed by atoms with van der Waals surface area (Å²) in [4.78, 5) is 37.3. The number of halogens is 3. The molecule has 0 radical (unpaired) electrons. The summed E-state index contributed by atoms with van der Waals surface area (Å²) in [5.74, 6) is 0.926. The molecule has 1 aromatic rings. The van der Waals surface area contributed by atoms with Crippen LogP contribution in [0.2, 0.25) is 0 Å². The molecule has 2 aliphatic carbocycles. The molecule has 4 unspecified atom stereocenters. The number of fused-ring (bicyclic) bond motifs is 1. The first kappa shape index (κ1) is 29.4. The molecule has 1 aromatic carbocycles. The predicted molar refractivity (Wildman–Crippen MR) is 136 cm³/mol. The highest BCUT2D eigenvalue weighted by molar-refractivity contribution is 5.82. The number of hydrogen-bond acceptors (Lipinski definition) is 4. The maximum atomic E-state index is 13.4. The van der Waals surface area contributed by atoms with Gasteiger partial charge in [-0.25, -0.2) is 0 Å². The van der Waals surface area contributed by atoms with Crippen molar-refractivity contribution in [2.75, 3.05) is 7.11 Å².